The van der Waals surface area contributed by atoms with Gasteiger partial charge in [0.25, 0.3) is 0 Å². The molecule has 0 N–H and O–H groups in total. The van der Waals surface area contributed by atoms with Crippen LogP contribution >= 0.6 is 0 Å². The average molecular weight is 1290 g/mol. The molecular weight excluding hydrogens is 1150 g/mol. The predicted octanol–water partition coefficient (Wildman–Crippen LogP) is 18.3. The van der Waals surface area contributed by atoms with Gasteiger partial charge in [0.1, 0.15) is 42.3 Å². The molecule has 0 saturated carbocycles. The smallest absolute Gasteiger partial charge is 0.201 e. The lowest BCUT2D eigenvalue weighted by molar-refractivity contribution is -0.666. The molecule has 0 fully saturated rings. The van der Waals surface area contributed by atoms with E-state index in [1.807, 2.05) is 200 Å². The van der Waals surface area contributed by atoms with Crippen molar-refractivity contribution in [1.29, 1.82) is 0 Å². The number of aryl methyl sites for hydroxylation is 20. The van der Waals surface area contributed by atoms with Gasteiger partial charge in [-0.1, -0.05) is 108 Å². The number of nitrogens with zero attached hydrogens (tertiary/aromatic N) is 6. The Morgan fingerprint density at radius 3 is 1.21 bits per heavy atom. The summed E-state index contributed by atoms with van der Waals surface area (Å²) in [6.45, 7) is -4.80. The van der Waals surface area contributed by atoms with Crippen molar-refractivity contribution < 1.29 is 64.4 Å². The Labute approximate surface area is 609 Å². The van der Waals surface area contributed by atoms with E-state index in [0.717, 1.165) is 101 Å². The molecule has 6 heteroatoms. The van der Waals surface area contributed by atoms with Crippen molar-refractivity contribution in [2.45, 2.75) is 117 Å². The van der Waals surface area contributed by atoms with Crippen LogP contribution in [-0.2, 0) is 42.3 Å². The van der Waals surface area contributed by atoms with Gasteiger partial charge in [-0.25, -0.2) is 18.3 Å². The van der Waals surface area contributed by atoms with Crippen molar-refractivity contribution in [2.24, 2.45) is 42.3 Å². The van der Waals surface area contributed by atoms with E-state index >= 15 is 0 Å². The summed E-state index contributed by atoms with van der Waals surface area (Å²) in [6.07, 6.45) is 6.56. The third-order valence-electron chi connectivity index (χ3n) is 16.6. The summed E-state index contributed by atoms with van der Waals surface area (Å²) in [5, 5.41) is 0. The summed E-state index contributed by atoms with van der Waals surface area (Å²) in [5.41, 5.74) is 19.9. The molecule has 0 amide bonds. The Morgan fingerprint density at radius 2 is 0.705 bits per heavy atom. The number of aromatic nitrogens is 6. The highest BCUT2D eigenvalue weighted by molar-refractivity contribution is 5.67. The van der Waals surface area contributed by atoms with Crippen LogP contribution in [0.5, 0.6) is 0 Å². The Kier molecular flexibility index (Phi) is 15.2. The third-order valence-corrected chi connectivity index (χ3v) is 16.6. The summed E-state index contributed by atoms with van der Waals surface area (Å²) in [6, 6.07) is 60.4. The van der Waals surface area contributed by atoms with Crippen LogP contribution in [0.15, 0.2) is 225 Å². The van der Waals surface area contributed by atoms with Crippen LogP contribution in [0.25, 0.3) is 67.5 Å². The van der Waals surface area contributed by atoms with E-state index in [9.17, 15) is 0 Å². The molecule has 0 radical (unpaired) electrons. The van der Waals surface area contributed by atoms with E-state index in [2.05, 4.69) is 17.6 Å². The van der Waals surface area contributed by atoms with Crippen LogP contribution < -0.4 is 27.4 Å². The first-order valence-electron chi connectivity index (χ1n) is 44.6. The molecular formula is C89H106N6+6. The van der Waals surface area contributed by atoms with Crippen molar-refractivity contribution >= 4 is 0 Å². The fourth-order valence-electron chi connectivity index (χ4n) is 11.0. The molecule has 6 nitrogen and oxygen atoms in total. The van der Waals surface area contributed by atoms with E-state index in [1.54, 1.807) is 114 Å². The lowest BCUT2D eigenvalue weighted by Gasteiger charge is -2.08. The van der Waals surface area contributed by atoms with Crippen LogP contribution in [0.4, 0.5) is 0 Å². The van der Waals surface area contributed by atoms with Gasteiger partial charge in [-0.2, -0.15) is 9.13 Å². The zero-order valence-corrected chi connectivity index (χ0v) is 57.0. The van der Waals surface area contributed by atoms with Gasteiger partial charge >= 0.3 is 0 Å². The lowest BCUT2D eigenvalue weighted by Crippen LogP contribution is -2.34. The Balaban J connectivity index is 0.000000202. The molecule has 486 valence electrons. The monoisotopic (exact) mass is 1290 g/mol. The highest BCUT2D eigenvalue weighted by Crippen LogP contribution is 2.28. The highest BCUT2D eigenvalue weighted by atomic mass is 15.0. The summed E-state index contributed by atoms with van der Waals surface area (Å²) in [5.74, 6) is 0. The summed E-state index contributed by atoms with van der Waals surface area (Å²) < 4.78 is 215. The summed E-state index contributed by atoms with van der Waals surface area (Å²) in [7, 11) is 11.2. The van der Waals surface area contributed by atoms with E-state index < -0.39 is 61.7 Å². The second kappa shape index (κ2) is 33.4. The van der Waals surface area contributed by atoms with E-state index in [1.165, 1.54) is 18.3 Å². The molecule has 12 aromatic rings. The van der Waals surface area contributed by atoms with Gasteiger partial charge in [0.05, 0.1) is 0 Å². The fraction of sp³-hybridized carbons (Fsp3) is 0.258. The van der Waals surface area contributed by atoms with Gasteiger partial charge in [-0.3, -0.25) is 0 Å². The first-order valence-corrected chi connectivity index (χ1v) is 31.1. The van der Waals surface area contributed by atoms with Gasteiger partial charge in [-0.05, 0) is 208 Å². The second-order valence-electron chi connectivity index (χ2n) is 23.7. The van der Waals surface area contributed by atoms with Crippen LogP contribution in [0.1, 0.15) is 132 Å². The van der Waals surface area contributed by atoms with Crippen molar-refractivity contribution in [3.63, 3.8) is 0 Å². The zero-order valence-electron chi connectivity index (χ0n) is 84.0. The van der Waals surface area contributed by atoms with Gasteiger partial charge < -0.3 is 0 Å². The molecule has 0 aliphatic rings. The molecule has 0 atom stereocenters. The van der Waals surface area contributed by atoms with Crippen molar-refractivity contribution in [3.8, 4) is 67.5 Å². The minimum absolute atomic E-state index is 0.105. The van der Waals surface area contributed by atoms with Crippen LogP contribution in [-0.4, -0.2) is 0 Å². The number of hydrogen-bond acceptors (Lipinski definition) is 0. The van der Waals surface area contributed by atoms with Crippen molar-refractivity contribution in [1.82, 2.24) is 0 Å². The van der Waals surface area contributed by atoms with Gasteiger partial charge in [0.2, 0.25) is 34.2 Å². The lowest BCUT2D eigenvalue weighted by atomic mass is 9.99. The number of benzene rings is 6. The minimum Gasteiger partial charge on any atom is -0.201 e. The van der Waals surface area contributed by atoms with Crippen molar-refractivity contribution in [2.75, 3.05) is 0 Å². The van der Waals surface area contributed by atoms with Gasteiger partial charge in [0, 0.05) is 156 Å². The van der Waals surface area contributed by atoms with E-state index in [-0.39, 0.29) is 27.8 Å². The SMILES string of the molecule is [2H]C([2H])([2H])c1cc(-c2ccccc2C)[n+](C)cc1C([2H])([2H])[2H].[2H]C([2H])([2H])c1cc(C)[n+](C)c(-c2ccccc2C)c1.[2H]C([2H])([2H])c1cc[n+](C)c(-c2ccccc2C)c1C([2H])([2H])[2H].[2H]C([2H])([2H])c1ccc(-c2ccc(C([2H])([2H])[2H])c[n+]2C)c(C)c1.[2H]C([2H])([2H])c1ccc(-c2cccc(C)[n+]2C)c(C)c1.[2H]C([2H])([2H])c1ccc(-c2cccc[n+]2C)c(C)c1. The minimum atomic E-state index is -2.51. The quantitative estimate of drug-likeness (QED) is 0.148. The van der Waals surface area contributed by atoms with Crippen LogP contribution in [0.2, 0.25) is 0 Å². The Hall–Kier alpha value is -9.78. The number of hydrogen-bond donors (Lipinski definition) is 0. The maximum atomic E-state index is 7.82. The first-order chi connectivity index (χ1) is 56.0. The molecule has 12 rings (SSSR count). The van der Waals surface area contributed by atoms with Crippen molar-refractivity contribution in [3.05, 3.63) is 320 Å². The highest BCUT2D eigenvalue weighted by Gasteiger charge is 2.20. The van der Waals surface area contributed by atoms with Gasteiger partial charge in [0.15, 0.2) is 36.2 Å². The fourth-order valence-corrected chi connectivity index (χ4v) is 11.0. The summed E-state index contributed by atoms with van der Waals surface area (Å²) in [4.78, 5) is 0. The number of pyridine rings is 6. The first kappa shape index (κ1) is 43.3. The summed E-state index contributed by atoms with van der Waals surface area (Å²) >= 11 is 0. The molecule has 0 aliphatic carbocycles. The van der Waals surface area contributed by atoms with Gasteiger partial charge in [-0.15, -0.1) is 0 Å². The molecule has 95 heavy (non-hydrogen) atoms. The normalized spacial score (nSPS) is 15.9. The van der Waals surface area contributed by atoms with E-state index in [4.69, 9.17) is 37.0 Å². The molecule has 6 aromatic heterocycles. The second-order valence-corrected chi connectivity index (χ2v) is 23.7. The molecule has 6 aromatic carbocycles. The topological polar surface area (TPSA) is 23.3 Å². The maximum Gasteiger partial charge on any atom is 0.215 e. The Bertz CT molecular complexity index is 5630. The molecule has 0 aliphatic heterocycles. The average Bonchev–Trinajstić information content (AvgIpc) is 0.754. The predicted molar refractivity (Wildman–Crippen MR) is 399 cm³/mol. The number of rotatable bonds is 6. The molecule has 0 unspecified atom stereocenters. The largest absolute Gasteiger partial charge is 0.215 e. The molecule has 0 bridgehead atoms. The zero-order chi connectivity index (χ0) is 91.9. The van der Waals surface area contributed by atoms with E-state index in [0.29, 0.717) is 33.6 Å². The van der Waals surface area contributed by atoms with Crippen LogP contribution in [0, 0.1) is 117 Å². The maximum absolute atomic E-state index is 7.82. The molecule has 0 spiro atoms. The molecule has 0 saturated heterocycles. The standard InChI is InChI=1S/5C15H18N.C14H16N/c1-11-5-7-14(13(3)9-11)15-8-6-12(2)10-16(15)4;1-11-8-9-14(12(2)10-11)15-7-5-6-13(3)16(15)4;1-11-9-13(3)16(4)15(10-11)14-8-6-5-7-12(14)2;1-11-7-5-6-8-14(11)15-9-12(2)13(3)10-16(15)4;1-11-9-10-16(4)15(13(11)3)14-8-6-5-7-12(14)2;1-11-7-8-13(12(2)10-11)14-6-4-5-9-15(14)3/h5*5-10H,1-4H3;4-10H,1-3H3/q6*+1/i1D3,2D3;2*1D3;2D3,3D3;1D3,3D3;1D3. The third kappa shape index (κ3) is 19.0. The molecule has 6 heterocycles. The Morgan fingerprint density at radius 1 is 0.242 bits per heavy atom. The van der Waals surface area contributed by atoms with Crippen LogP contribution in [0.3, 0.4) is 0 Å².